The van der Waals surface area contributed by atoms with Crippen LogP contribution in [0.1, 0.15) is 10.5 Å². The summed E-state index contributed by atoms with van der Waals surface area (Å²) >= 11 is 5.96. The molecule has 1 aromatic carbocycles. The number of rotatable bonds is 6. The van der Waals surface area contributed by atoms with Gasteiger partial charge in [-0.05, 0) is 18.2 Å². The standard InChI is InChI=1S/C15H15ClN4O2/c1-3-6-17-15(21)12-8-19-14(9-18-12)20-11-7-10(16)4-5-13(11)22-2/h3-5,7-9H,1,6H2,2H3,(H,17,21)(H,19,20). The minimum atomic E-state index is -0.306. The van der Waals surface area contributed by atoms with E-state index in [2.05, 4.69) is 27.2 Å². The highest BCUT2D eigenvalue weighted by Crippen LogP contribution is 2.29. The van der Waals surface area contributed by atoms with Gasteiger partial charge in [0.15, 0.2) is 0 Å². The molecule has 0 fully saturated rings. The van der Waals surface area contributed by atoms with Crippen LogP contribution in [0.2, 0.25) is 5.02 Å². The van der Waals surface area contributed by atoms with E-state index in [0.29, 0.717) is 28.8 Å². The number of aromatic nitrogens is 2. The molecule has 0 atom stereocenters. The number of nitrogens with one attached hydrogen (secondary N) is 2. The second-order valence-corrected chi connectivity index (χ2v) is 4.69. The first-order valence-corrected chi connectivity index (χ1v) is 6.83. The zero-order valence-electron chi connectivity index (χ0n) is 12.0. The first-order valence-electron chi connectivity index (χ1n) is 6.45. The molecule has 2 aromatic rings. The molecule has 2 N–H and O–H groups in total. The number of ether oxygens (including phenoxy) is 1. The normalized spacial score (nSPS) is 9.91. The summed E-state index contributed by atoms with van der Waals surface area (Å²) in [4.78, 5) is 19.9. The molecule has 1 amide bonds. The van der Waals surface area contributed by atoms with Crippen LogP contribution in [-0.4, -0.2) is 29.5 Å². The SMILES string of the molecule is C=CCNC(=O)c1cnc(Nc2cc(Cl)ccc2OC)cn1. The lowest BCUT2D eigenvalue weighted by molar-refractivity contribution is 0.0952. The molecule has 0 saturated heterocycles. The van der Waals surface area contributed by atoms with Crippen molar-refractivity contribution in [2.75, 3.05) is 19.0 Å². The molecule has 0 unspecified atom stereocenters. The van der Waals surface area contributed by atoms with Gasteiger partial charge in [0.25, 0.3) is 5.91 Å². The Bertz CT molecular complexity index is 674. The van der Waals surface area contributed by atoms with E-state index in [4.69, 9.17) is 16.3 Å². The lowest BCUT2D eigenvalue weighted by atomic mass is 10.3. The van der Waals surface area contributed by atoms with E-state index in [9.17, 15) is 4.79 Å². The molecular formula is C15H15ClN4O2. The number of methoxy groups -OCH3 is 1. The van der Waals surface area contributed by atoms with Gasteiger partial charge < -0.3 is 15.4 Å². The van der Waals surface area contributed by atoms with Crippen LogP contribution in [0.15, 0.2) is 43.2 Å². The summed E-state index contributed by atoms with van der Waals surface area (Å²) < 4.78 is 5.24. The zero-order valence-corrected chi connectivity index (χ0v) is 12.7. The number of halogens is 1. The molecule has 0 bridgehead atoms. The van der Waals surface area contributed by atoms with Crippen molar-refractivity contribution in [2.45, 2.75) is 0 Å². The van der Waals surface area contributed by atoms with E-state index < -0.39 is 0 Å². The van der Waals surface area contributed by atoms with Gasteiger partial charge in [0.1, 0.15) is 17.3 Å². The average Bonchev–Trinajstić information content (AvgIpc) is 2.53. The van der Waals surface area contributed by atoms with Gasteiger partial charge in [0.2, 0.25) is 0 Å². The summed E-state index contributed by atoms with van der Waals surface area (Å²) in [5, 5.41) is 6.24. The first kappa shape index (κ1) is 15.8. The van der Waals surface area contributed by atoms with Crippen molar-refractivity contribution < 1.29 is 9.53 Å². The van der Waals surface area contributed by atoms with Gasteiger partial charge in [-0.1, -0.05) is 17.7 Å². The van der Waals surface area contributed by atoms with Crippen molar-refractivity contribution in [1.29, 1.82) is 0 Å². The molecule has 0 aliphatic carbocycles. The topological polar surface area (TPSA) is 76.1 Å². The Morgan fingerprint density at radius 3 is 2.86 bits per heavy atom. The Hall–Kier alpha value is -2.60. The number of amides is 1. The molecule has 1 heterocycles. The summed E-state index contributed by atoms with van der Waals surface area (Å²) in [6.07, 6.45) is 4.44. The zero-order chi connectivity index (χ0) is 15.9. The van der Waals surface area contributed by atoms with E-state index in [0.717, 1.165) is 0 Å². The van der Waals surface area contributed by atoms with Gasteiger partial charge in [-0.3, -0.25) is 4.79 Å². The van der Waals surface area contributed by atoms with Gasteiger partial charge in [-0.25, -0.2) is 9.97 Å². The predicted octanol–water partition coefficient (Wildman–Crippen LogP) is 2.80. The summed E-state index contributed by atoms with van der Waals surface area (Å²) in [5.41, 5.74) is 0.888. The van der Waals surface area contributed by atoms with E-state index in [1.165, 1.54) is 12.4 Å². The van der Waals surface area contributed by atoms with Crippen molar-refractivity contribution in [3.05, 3.63) is 54.0 Å². The average molecular weight is 319 g/mol. The lowest BCUT2D eigenvalue weighted by Gasteiger charge is -2.10. The van der Waals surface area contributed by atoms with Gasteiger partial charge in [-0.15, -0.1) is 6.58 Å². The van der Waals surface area contributed by atoms with Crippen LogP contribution >= 0.6 is 11.6 Å². The van der Waals surface area contributed by atoms with Crippen molar-refractivity contribution >= 4 is 29.0 Å². The Balaban J connectivity index is 2.13. The van der Waals surface area contributed by atoms with Crippen LogP contribution < -0.4 is 15.4 Å². The summed E-state index contributed by atoms with van der Waals surface area (Å²) in [6, 6.07) is 5.19. The fraction of sp³-hybridized carbons (Fsp3) is 0.133. The minimum Gasteiger partial charge on any atom is -0.495 e. The molecule has 0 saturated carbocycles. The number of hydrogen-bond donors (Lipinski definition) is 2. The Morgan fingerprint density at radius 1 is 1.41 bits per heavy atom. The molecule has 6 nitrogen and oxygen atoms in total. The van der Waals surface area contributed by atoms with E-state index >= 15 is 0 Å². The molecule has 1 aromatic heterocycles. The highest BCUT2D eigenvalue weighted by atomic mass is 35.5. The minimum absolute atomic E-state index is 0.227. The van der Waals surface area contributed by atoms with Crippen LogP contribution in [0.4, 0.5) is 11.5 Å². The number of nitrogens with zero attached hydrogens (tertiary/aromatic N) is 2. The van der Waals surface area contributed by atoms with Gasteiger partial charge in [0, 0.05) is 11.6 Å². The highest BCUT2D eigenvalue weighted by molar-refractivity contribution is 6.31. The van der Waals surface area contributed by atoms with Crippen LogP contribution in [0.5, 0.6) is 5.75 Å². The van der Waals surface area contributed by atoms with Crippen LogP contribution in [-0.2, 0) is 0 Å². The molecule has 7 heteroatoms. The van der Waals surface area contributed by atoms with Gasteiger partial charge in [-0.2, -0.15) is 0 Å². The highest BCUT2D eigenvalue weighted by Gasteiger charge is 2.08. The fourth-order valence-electron chi connectivity index (χ4n) is 1.68. The third kappa shape index (κ3) is 3.95. The van der Waals surface area contributed by atoms with Crippen molar-refractivity contribution in [1.82, 2.24) is 15.3 Å². The van der Waals surface area contributed by atoms with E-state index in [1.54, 1.807) is 31.4 Å². The largest absolute Gasteiger partial charge is 0.495 e. The summed E-state index contributed by atoms with van der Waals surface area (Å²) in [5.74, 6) is 0.791. The van der Waals surface area contributed by atoms with Crippen LogP contribution in [0.25, 0.3) is 0 Å². The summed E-state index contributed by atoms with van der Waals surface area (Å²) in [6.45, 7) is 3.90. The molecule has 2 rings (SSSR count). The number of carbonyl (C=O) groups is 1. The molecule has 0 aliphatic rings. The molecule has 114 valence electrons. The monoisotopic (exact) mass is 318 g/mol. The fourth-order valence-corrected chi connectivity index (χ4v) is 1.85. The Kier molecular flexibility index (Phi) is 5.32. The second-order valence-electron chi connectivity index (χ2n) is 4.26. The number of benzene rings is 1. The Morgan fingerprint density at radius 2 is 2.23 bits per heavy atom. The summed E-state index contributed by atoms with van der Waals surface area (Å²) in [7, 11) is 1.56. The quantitative estimate of drug-likeness (QED) is 0.801. The number of carbonyl (C=O) groups excluding carboxylic acids is 1. The first-order chi connectivity index (χ1) is 10.6. The van der Waals surface area contributed by atoms with Crippen molar-refractivity contribution in [2.24, 2.45) is 0 Å². The van der Waals surface area contributed by atoms with Gasteiger partial charge >= 0.3 is 0 Å². The second kappa shape index (κ2) is 7.42. The smallest absolute Gasteiger partial charge is 0.271 e. The maximum Gasteiger partial charge on any atom is 0.271 e. The Labute approximate surface area is 133 Å². The number of hydrogen-bond acceptors (Lipinski definition) is 5. The molecule has 0 aliphatic heterocycles. The molecular weight excluding hydrogens is 304 g/mol. The van der Waals surface area contributed by atoms with Crippen molar-refractivity contribution in [3.63, 3.8) is 0 Å². The van der Waals surface area contributed by atoms with E-state index in [1.807, 2.05) is 0 Å². The third-order valence-corrected chi connectivity index (χ3v) is 2.95. The molecule has 0 spiro atoms. The van der Waals surface area contributed by atoms with Crippen molar-refractivity contribution in [3.8, 4) is 5.75 Å². The lowest BCUT2D eigenvalue weighted by Crippen LogP contribution is -2.24. The predicted molar refractivity (Wildman–Crippen MR) is 85.8 cm³/mol. The van der Waals surface area contributed by atoms with Gasteiger partial charge in [0.05, 0.1) is 25.2 Å². The van der Waals surface area contributed by atoms with Crippen LogP contribution in [0.3, 0.4) is 0 Å². The maximum absolute atomic E-state index is 11.7. The third-order valence-electron chi connectivity index (χ3n) is 2.72. The van der Waals surface area contributed by atoms with E-state index in [-0.39, 0.29) is 11.6 Å². The number of anilines is 2. The van der Waals surface area contributed by atoms with Crippen LogP contribution in [0, 0.1) is 0 Å². The molecule has 0 radical (unpaired) electrons. The molecule has 22 heavy (non-hydrogen) atoms. The maximum atomic E-state index is 11.7.